The van der Waals surface area contributed by atoms with Crippen molar-refractivity contribution < 1.29 is 32.5 Å². The molecule has 0 heterocycles. The molecule has 0 rings (SSSR count). The van der Waals surface area contributed by atoms with Crippen LogP contribution in [0.2, 0.25) is 0 Å². The van der Waals surface area contributed by atoms with Gasteiger partial charge in [0.05, 0.1) is 6.61 Å². The second-order valence-corrected chi connectivity index (χ2v) is 5.85. The van der Waals surface area contributed by atoms with Crippen molar-refractivity contribution in [3.63, 3.8) is 0 Å². The quantitative estimate of drug-likeness (QED) is 0.535. The molecule has 0 saturated heterocycles. The molecule has 0 saturated carbocycles. The second kappa shape index (κ2) is 7.48. The van der Waals surface area contributed by atoms with Gasteiger partial charge in [-0.25, -0.2) is 4.79 Å². The second-order valence-electron chi connectivity index (χ2n) is 5.85. The molecule has 0 aromatic heterocycles. The smallest absolute Gasteiger partial charge is 0.411 e. The Bertz CT molecular complexity index is 430. The van der Waals surface area contributed by atoms with E-state index in [1.807, 2.05) is 0 Å². The van der Waals surface area contributed by atoms with Crippen LogP contribution in [0.15, 0.2) is 12.3 Å². The first kappa shape index (κ1) is 20.2. The average Bonchev–Trinajstić information content (AvgIpc) is 2.32. The van der Waals surface area contributed by atoms with E-state index in [-0.39, 0.29) is 0 Å². The number of carbonyl (C=O) groups excluding carboxylic acids is 1. The Kier molecular flexibility index (Phi) is 6.88. The predicted molar refractivity (Wildman–Crippen MR) is 73.4 cm³/mol. The summed E-state index contributed by atoms with van der Waals surface area (Å²) in [4.78, 5) is 11.3. The number of nitrogens with one attached hydrogen (secondary N) is 2. The molecule has 0 bridgehead atoms. The maximum Gasteiger partial charge on any atom is 0.411 e. The number of aliphatic hydroxyl groups is 1. The molecule has 0 aromatic rings. The molecule has 1 unspecified atom stereocenters. The van der Waals surface area contributed by atoms with E-state index in [4.69, 9.17) is 15.3 Å². The van der Waals surface area contributed by atoms with Crippen molar-refractivity contribution in [2.75, 3.05) is 13.2 Å². The van der Waals surface area contributed by atoms with Gasteiger partial charge in [-0.15, -0.1) is 0 Å². The number of hydrogen-bond acceptors (Lipinski definition) is 5. The number of aliphatic hydroxyl groups excluding tert-OH is 1. The van der Waals surface area contributed by atoms with Gasteiger partial charge in [0.1, 0.15) is 17.6 Å². The summed E-state index contributed by atoms with van der Waals surface area (Å²) in [5.41, 5.74) is -3.16. The predicted octanol–water partition coefficient (Wildman–Crippen LogP) is 2.58. The molecule has 0 fully saturated rings. The van der Waals surface area contributed by atoms with Crippen LogP contribution >= 0.6 is 0 Å². The molecule has 1 amide bonds. The van der Waals surface area contributed by atoms with Gasteiger partial charge in [-0.3, -0.25) is 10.7 Å². The van der Waals surface area contributed by atoms with Crippen LogP contribution in [0.1, 0.15) is 27.7 Å². The van der Waals surface area contributed by atoms with Crippen LogP contribution < -0.4 is 5.32 Å². The maximum atomic E-state index is 12.7. The molecule has 0 radical (unpaired) electrons. The summed E-state index contributed by atoms with van der Waals surface area (Å²) in [6.07, 6.45) is -3.47. The third-order valence-electron chi connectivity index (χ3n) is 2.41. The first-order chi connectivity index (χ1) is 9.81. The monoisotopic (exact) mass is 326 g/mol. The summed E-state index contributed by atoms with van der Waals surface area (Å²) in [6.45, 7) is 3.69. The summed E-state index contributed by atoms with van der Waals surface area (Å²) in [6, 6.07) is 0. The number of amides is 1. The van der Waals surface area contributed by atoms with Crippen LogP contribution in [0.25, 0.3) is 0 Å². The van der Waals surface area contributed by atoms with Crippen LogP contribution in [0, 0.1) is 10.8 Å². The van der Waals surface area contributed by atoms with Crippen molar-refractivity contribution >= 4 is 12.0 Å². The van der Waals surface area contributed by atoms with Crippen LogP contribution in [0.4, 0.5) is 18.0 Å². The standard InChI is InChI=1S/C13H21F3N2O4/c1-11(2,3)22-10(20)18-6-5-9(17)21-8-12(4,7-19)13(14,15)16/h5-6,17,19H,7-8H2,1-4H3,(H,18,20)/b6-5-,17-9?. The number of carbonyl (C=O) groups is 1. The van der Waals surface area contributed by atoms with Crippen molar-refractivity contribution in [1.82, 2.24) is 5.32 Å². The Balaban J connectivity index is 4.35. The normalized spacial score (nSPS) is 15.3. The van der Waals surface area contributed by atoms with Crippen molar-refractivity contribution in [3.8, 4) is 0 Å². The van der Waals surface area contributed by atoms with Crippen molar-refractivity contribution in [3.05, 3.63) is 12.3 Å². The lowest BCUT2D eigenvalue weighted by molar-refractivity contribution is -0.238. The number of hydrogen-bond donors (Lipinski definition) is 3. The van der Waals surface area contributed by atoms with Gasteiger partial charge in [0.25, 0.3) is 0 Å². The minimum atomic E-state index is -4.67. The van der Waals surface area contributed by atoms with E-state index in [0.29, 0.717) is 0 Å². The van der Waals surface area contributed by atoms with Gasteiger partial charge in [-0.1, -0.05) is 0 Å². The molecule has 0 aliphatic carbocycles. The van der Waals surface area contributed by atoms with E-state index in [1.165, 1.54) is 0 Å². The summed E-state index contributed by atoms with van der Waals surface area (Å²) in [5.74, 6) is -0.597. The number of ether oxygens (including phenoxy) is 2. The van der Waals surface area contributed by atoms with E-state index in [1.54, 1.807) is 20.8 Å². The molecule has 0 spiro atoms. The maximum absolute atomic E-state index is 12.7. The molecule has 9 heteroatoms. The third kappa shape index (κ3) is 7.30. The Hall–Kier alpha value is -1.77. The number of halogens is 3. The molecular formula is C13H21F3N2O4. The van der Waals surface area contributed by atoms with Crippen LogP contribution in [-0.2, 0) is 9.47 Å². The Labute approximate surface area is 126 Å². The van der Waals surface area contributed by atoms with E-state index in [9.17, 15) is 18.0 Å². The highest BCUT2D eigenvalue weighted by atomic mass is 19.4. The highest BCUT2D eigenvalue weighted by molar-refractivity contribution is 5.85. The number of rotatable bonds is 5. The molecular weight excluding hydrogens is 305 g/mol. The molecule has 1 atom stereocenters. The van der Waals surface area contributed by atoms with Gasteiger partial charge in [0.15, 0.2) is 0 Å². The zero-order valence-electron chi connectivity index (χ0n) is 12.9. The highest BCUT2D eigenvalue weighted by Crippen LogP contribution is 2.37. The van der Waals surface area contributed by atoms with Gasteiger partial charge in [-0.05, 0) is 27.7 Å². The topological polar surface area (TPSA) is 91.6 Å². The number of alkyl halides is 3. The average molecular weight is 326 g/mol. The highest BCUT2D eigenvalue weighted by Gasteiger charge is 2.51. The summed E-state index contributed by atoms with van der Waals surface area (Å²) in [7, 11) is 0. The van der Waals surface area contributed by atoms with Crippen LogP contribution in [0.5, 0.6) is 0 Å². The van der Waals surface area contributed by atoms with Crippen LogP contribution in [0.3, 0.4) is 0 Å². The third-order valence-corrected chi connectivity index (χ3v) is 2.41. The van der Waals surface area contributed by atoms with Gasteiger partial charge >= 0.3 is 12.3 Å². The molecule has 0 aliphatic heterocycles. The summed E-state index contributed by atoms with van der Waals surface area (Å²) >= 11 is 0. The lowest BCUT2D eigenvalue weighted by Gasteiger charge is -2.29. The minimum absolute atomic E-state index is 0.597. The first-order valence-corrected chi connectivity index (χ1v) is 6.36. The van der Waals surface area contributed by atoms with Gasteiger partial charge in [0.2, 0.25) is 5.90 Å². The zero-order chi connectivity index (χ0) is 17.6. The fraction of sp³-hybridized carbons (Fsp3) is 0.692. The van der Waals surface area contributed by atoms with Crippen LogP contribution in [-0.4, -0.2) is 42.1 Å². The lowest BCUT2D eigenvalue weighted by Crippen LogP contribution is -2.43. The fourth-order valence-corrected chi connectivity index (χ4v) is 0.995. The first-order valence-electron chi connectivity index (χ1n) is 6.36. The number of alkyl carbamates (subject to hydrolysis) is 1. The summed E-state index contributed by atoms with van der Waals surface area (Å²) < 4.78 is 47.5. The molecule has 22 heavy (non-hydrogen) atoms. The Morgan fingerprint density at radius 1 is 1.27 bits per heavy atom. The van der Waals surface area contributed by atoms with Crippen molar-refractivity contribution in [1.29, 1.82) is 5.41 Å². The molecule has 3 N–H and O–H groups in total. The van der Waals surface area contributed by atoms with E-state index in [2.05, 4.69) is 10.1 Å². The molecule has 0 aliphatic rings. The molecule has 128 valence electrons. The van der Waals surface area contributed by atoms with E-state index in [0.717, 1.165) is 19.2 Å². The van der Waals surface area contributed by atoms with Gasteiger partial charge in [0, 0.05) is 12.3 Å². The van der Waals surface area contributed by atoms with E-state index >= 15 is 0 Å². The van der Waals surface area contributed by atoms with Gasteiger partial charge in [-0.2, -0.15) is 13.2 Å². The Morgan fingerprint density at radius 2 is 1.82 bits per heavy atom. The fourth-order valence-electron chi connectivity index (χ4n) is 0.995. The largest absolute Gasteiger partial charge is 0.477 e. The van der Waals surface area contributed by atoms with E-state index < -0.39 is 42.4 Å². The molecule has 0 aromatic carbocycles. The zero-order valence-corrected chi connectivity index (χ0v) is 12.9. The SMILES string of the molecule is CC(C)(C)OC(=O)N/C=C\C(=N)OCC(C)(CO)C(F)(F)F. The van der Waals surface area contributed by atoms with Crippen molar-refractivity contribution in [2.24, 2.45) is 5.41 Å². The summed E-state index contributed by atoms with van der Waals surface area (Å²) in [5, 5.41) is 18.3. The minimum Gasteiger partial charge on any atom is -0.477 e. The lowest BCUT2D eigenvalue weighted by atomic mass is 9.92. The van der Waals surface area contributed by atoms with Crippen molar-refractivity contribution in [2.45, 2.75) is 39.5 Å². The Morgan fingerprint density at radius 3 is 2.23 bits per heavy atom. The molecule has 6 nitrogen and oxygen atoms in total. The van der Waals surface area contributed by atoms with Gasteiger partial charge < -0.3 is 14.6 Å².